The summed E-state index contributed by atoms with van der Waals surface area (Å²) in [6.07, 6.45) is 12.1. The summed E-state index contributed by atoms with van der Waals surface area (Å²) in [6.45, 7) is 9.76. The first-order valence-corrected chi connectivity index (χ1v) is 16.8. The largest absolute Gasteiger partial charge is 0.465 e. The highest BCUT2D eigenvalue weighted by Crippen LogP contribution is 2.25. The van der Waals surface area contributed by atoms with Crippen LogP contribution in [0.15, 0.2) is 0 Å². The summed E-state index contributed by atoms with van der Waals surface area (Å²) in [5.41, 5.74) is 0. The second kappa shape index (κ2) is 20.9. The number of carbonyl (C=O) groups excluding carboxylic acids is 4. The van der Waals surface area contributed by atoms with E-state index in [1.165, 1.54) is 12.8 Å². The van der Waals surface area contributed by atoms with Gasteiger partial charge < -0.3 is 18.9 Å². The molecular weight excluding hydrogens is 536 g/mol. The van der Waals surface area contributed by atoms with Crippen LogP contribution in [0.25, 0.3) is 0 Å². The predicted octanol–water partition coefficient (Wildman–Crippen LogP) is 7.00. The molecule has 0 radical (unpaired) electrons. The number of rotatable bonds is 12. The highest BCUT2D eigenvalue weighted by atomic mass is 16.6. The number of carbonyl (C=O) groups is 4. The van der Waals surface area contributed by atoms with Gasteiger partial charge in [0.1, 0.15) is 6.61 Å². The lowest BCUT2D eigenvalue weighted by molar-refractivity contribution is -0.160. The highest BCUT2D eigenvalue weighted by Gasteiger charge is 2.31. The number of Topliss-reactive ketones (excluding diaryl/α,β-unsaturated/α-hetero) is 1. The second-order valence-electron chi connectivity index (χ2n) is 13.2. The van der Waals surface area contributed by atoms with Crippen molar-refractivity contribution in [1.29, 1.82) is 0 Å². The number of cyclic esters (lactones) is 1. The van der Waals surface area contributed by atoms with E-state index < -0.39 is 12.0 Å². The molecule has 0 aromatic heterocycles. The van der Waals surface area contributed by atoms with Gasteiger partial charge in [0, 0.05) is 26.1 Å². The number of esters is 3. The average Bonchev–Trinajstić information content (AvgIpc) is 3.21. The van der Waals surface area contributed by atoms with E-state index >= 15 is 0 Å². The molecule has 242 valence electrons. The van der Waals surface area contributed by atoms with Crippen molar-refractivity contribution in [3.05, 3.63) is 0 Å². The third-order valence-corrected chi connectivity index (χ3v) is 8.61. The minimum Gasteiger partial charge on any atom is -0.465 e. The van der Waals surface area contributed by atoms with Gasteiger partial charge >= 0.3 is 17.9 Å². The van der Waals surface area contributed by atoms with Gasteiger partial charge in [-0.15, -0.1) is 0 Å². The lowest BCUT2D eigenvalue weighted by Gasteiger charge is -2.24. The van der Waals surface area contributed by atoms with Gasteiger partial charge in [-0.3, -0.25) is 19.2 Å². The van der Waals surface area contributed by atoms with Crippen LogP contribution < -0.4 is 0 Å². The summed E-state index contributed by atoms with van der Waals surface area (Å²) in [5.74, 6) is -0.762. The third-order valence-electron chi connectivity index (χ3n) is 8.61. The Morgan fingerprint density at radius 2 is 1.60 bits per heavy atom. The Labute approximate surface area is 254 Å². The van der Waals surface area contributed by atoms with Crippen molar-refractivity contribution >= 4 is 23.7 Å². The molecule has 0 aromatic carbocycles. The van der Waals surface area contributed by atoms with Gasteiger partial charge in [0.25, 0.3) is 0 Å². The molecular formula is C34H58O8. The Kier molecular flexibility index (Phi) is 18.0. The van der Waals surface area contributed by atoms with Crippen LogP contribution in [0.5, 0.6) is 0 Å². The fourth-order valence-electron chi connectivity index (χ4n) is 5.91. The molecule has 5 unspecified atom stereocenters. The van der Waals surface area contributed by atoms with Gasteiger partial charge in [0.05, 0.1) is 18.4 Å². The van der Waals surface area contributed by atoms with E-state index in [9.17, 15) is 19.2 Å². The number of ketones is 1. The standard InChI is InChI=1S/C34H58O8/c1-25(2)22-31(35)41-24-29-16-11-20-40-34(38)27(4)13-6-5-7-17-30(33(29)37)42-32(36)23-26(3)12-8-9-14-28-15-10-19-39-21-18-28/h25-30H,5-24H2,1-4H3. The van der Waals surface area contributed by atoms with Crippen molar-refractivity contribution in [3.8, 4) is 0 Å². The zero-order valence-electron chi connectivity index (χ0n) is 26.9. The molecule has 8 nitrogen and oxygen atoms in total. The van der Waals surface area contributed by atoms with Gasteiger partial charge in [0.2, 0.25) is 0 Å². The van der Waals surface area contributed by atoms with Crippen LogP contribution in [0.4, 0.5) is 0 Å². The summed E-state index contributed by atoms with van der Waals surface area (Å²) in [4.78, 5) is 51.2. The molecule has 0 bridgehead atoms. The highest BCUT2D eigenvalue weighted by molar-refractivity contribution is 5.88. The van der Waals surface area contributed by atoms with Gasteiger partial charge in [-0.1, -0.05) is 66.2 Å². The SMILES string of the molecule is CC(C)CC(=O)OCC1CCCOC(=O)C(C)CCCCCC(OC(=O)CC(C)CCCCC2CCCOCC2)C1=O. The first-order chi connectivity index (χ1) is 20.2. The molecule has 0 saturated carbocycles. The smallest absolute Gasteiger partial charge is 0.308 e. The van der Waals surface area contributed by atoms with E-state index in [1.807, 2.05) is 20.8 Å². The van der Waals surface area contributed by atoms with Crippen LogP contribution in [-0.4, -0.2) is 56.2 Å². The van der Waals surface area contributed by atoms with E-state index in [4.69, 9.17) is 18.9 Å². The van der Waals surface area contributed by atoms with Gasteiger partial charge in [-0.05, 0) is 69.1 Å². The minimum atomic E-state index is -0.848. The molecule has 42 heavy (non-hydrogen) atoms. The Hall–Kier alpha value is -1.96. The van der Waals surface area contributed by atoms with Gasteiger partial charge in [-0.25, -0.2) is 0 Å². The molecule has 0 aliphatic carbocycles. The zero-order valence-corrected chi connectivity index (χ0v) is 26.9. The third kappa shape index (κ3) is 15.5. The van der Waals surface area contributed by atoms with E-state index in [0.29, 0.717) is 32.1 Å². The summed E-state index contributed by atoms with van der Waals surface area (Å²) in [6, 6.07) is 0. The maximum Gasteiger partial charge on any atom is 0.308 e. The van der Waals surface area contributed by atoms with Crippen LogP contribution in [-0.2, 0) is 38.1 Å². The number of ether oxygens (including phenoxy) is 4. The second-order valence-corrected chi connectivity index (χ2v) is 13.2. The maximum atomic E-state index is 13.7. The predicted molar refractivity (Wildman–Crippen MR) is 162 cm³/mol. The number of hydrogen-bond donors (Lipinski definition) is 0. The van der Waals surface area contributed by atoms with Crippen molar-refractivity contribution in [2.45, 2.75) is 137 Å². The average molecular weight is 595 g/mol. The van der Waals surface area contributed by atoms with Gasteiger partial charge in [0.15, 0.2) is 11.9 Å². The molecule has 0 spiro atoms. The normalized spacial score (nSPS) is 26.0. The first-order valence-electron chi connectivity index (χ1n) is 16.8. The van der Waals surface area contributed by atoms with Crippen LogP contribution in [0.1, 0.15) is 130 Å². The van der Waals surface area contributed by atoms with Crippen molar-refractivity contribution < 1.29 is 38.1 Å². The summed E-state index contributed by atoms with van der Waals surface area (Å²) in [5, 5.41) is 0. The van der Waals surface area contributed by atoms with Crippen LogP contribution in [0.2, 0.25) is 0 Å². The molecule has 0 N–H and O–H groups in total. The van der Waals surface area contributed by atoms with Crippen LogP contribution >= 0.6 is 0 Å². The van der Waals surface area contributed by atoms with Crippen LogP contribution in [0.3, 0.4) is 0 Å². The molecule has 8 heteroatoms. The van der Waals surface area contributed by atoms with Crippen LogP contribution in [0, 0.1) is 29.6 Å². The van der Waals surface area contributed by atoms with Crippen molar-refractivity contribution in [1.82, 2.24) is 0 Å². The zero-order chi connectivity index (χ0) is 30.7. The lowest BCUT2D eigenvalue weighted by atomic mass is 9.91. The number of hydrogen-bond acceptors (Lipinski definition) is 8. The molecule has 0 aromatic rings. The molecule has 2 saturated heterocycles. The molecule has 2 rings (SSSR count). The molecule has 2 aliphatic rings. The first kappa shape index (κ1) is 36.2. The Balaban J connectivity index is 1.93. The summed E-state index contributed by atoms with van der Waals surface area (Å²) >= 11 is 0. The molecule has 2 heterocycles. The molecule has 2 fully saturated rings. The van der Waals surface area contributed by atoms with Crippen molar-refractivity contribution in [2.24, 2.45) is 29.6 Å². The van der Waals surface area contributed by atoms with Crippen molar-refractivity contribution in [2.75, 3.05) is 26.4 Å². The Bertz CT molecular complexity index is 801. The van der Waals surface area contributed by atoms with E-state index in [0.717, 1.165) is 70.5 Å². The minimum absolute atomic E-state index is 0.0493. The topological polar surface area (TPSA) is 105 Å². The van der Waals surface area contributed by atoms with Gasteiger partial charge in [-0.2, -0.15) is 0 Å². The fraction of sp³-hybridized carbons (Fsp3) is 0.882. The fourth-order valence-corrected chi connectivity index (χ4v) is 5.91. The molecule has 0 amide bonds. The summed E-state index contributed by atoms with van der Waals surface area (Å²) in [7, 11) is 0. The van der Waals surface area contributed by atoms with E-state index in [-0.39, 0.29) is 61.1 Å². The lowest BCUT2D eigenvalue weighted by Crippen LogP contribution is -2.36. The maximum absolute atomic E-state index is 13.7. The quantitative estimate of drug-likeness (QED) is 0.135. The molecule has 2 aliphatic heterocycles. The molecule has 5 atom stereocenters. The number of unbranched alkanes of at least 4 members (excludes halogenated alkanes) is 1. The summed E-state index contributed by atoms with van der Waals surface area (Å²) < 4.78 is 22.3. The Morgan fingerprint density at radius 3 is 2.38 bits per heavy atom. The van der Waals surface area contributed by atoms with Crippen molar-refractivity contribution in [3.63, 3.8) is 0 Å². The van der Waals surface area contributed by atoms with E-state index in [2.05, 4.69) is 6.92 Å². The monoisotopic (exact) mass is 594 g/mol. The van der Waals surface area contributed by atoms with E-state index in [1.54, 1.807) is 0 Å². The Morgan fingerprint density at radius 1 is 0.833 bits per heavy atom.